The molecule has 0 amide bonds. The minimum Gasteiger partial charge on any atom is -0.393 e. The fraction of sp³-hybridized carbons (Fsp3) is 0.303. The number of Topliss-reactive ketones (excluding diaryl/α,β-unsaturated/α-hetero) is 2. The van der Waals surface area contributed by atoms with Crippen LogP contribution in [0.25, 0.3) is 0 Å². The van der Waals surface area contributed by atoms with Crippen molar-refractivity contribution in [1.29, 1.82) is 0 Å². The first-order valence-electron chi connectivity index (χ1n) is 13.9. The number of nitrogen functional groups attached to an aromatic ring is 1. The van der Waals surface area contributed by atoms with Crippen molar-refractivity contribution in [1.82, 2.24) is 19.1 Å². The van der Waals surface area contributed by atoms with Crippen molar-refractivity contribution in [3.05, 3.63) is 122 Å². The maximum Gasteiger partial charge on any atom is 0.277 e. The Balaban J connectivity index is 0.000000249. The zero-order valence-corrected chi connectivity index (χ0v) is 25.2. The van der Waals surface area contributed by atoms with E-state index >= 15 is 0 Å². The van der Waals surface area contributed by atoms with Gasteiger partial charge in [0.15, 0.2) is 0 Å². The third-order valence-electron chi connectivity index (χ3n) is 6.27. The summed E-state index contributed by atoms with van der Waals surface area (Å²) >= 11 is 0. The van der Waals surface area contributed by atoms with Gasteiger partial charge in [0, 0.05) is 18.2 Å². The first-order chi connectivity index (χ1) is 20.5. The molecule has 0 saturated carbocycles. The summed E-state index contributed by atoms with van der Waals surface area (Å²) in [4.78, 5) is 63.8. The summed E-state index contributed by atoms with van der Waals surface area (Å²) in [6.07, 6.45) is 6.88. The second-order valence-electron chi connectivity index (χ2n) is 9.97. The molecule has 0 aliphatic rings. The molecule has 2 N–H and O–H groups in total. The van der Waals surface area contributed by atoms with E-state index in [4.69, 9.17) is 5.73 Å². The van der Waals surface area contributed by atoms with Crippen LogP contribution in [0.2, 0.25) is 0 Å². The van der Waals surface area contributed by atoms with Gasteiger partial charge >= 0.3 is 0 Å². The molecule has 43 heavy (non-hydrogen) atoms. The maximum atomic E-state index is 12.3. The van der Waals surface area contributed by atoms with Crippen molar-refractivity contribution >= 4 is 23.5 Å². The highest BCUT2D eigenvalue weighted by Gasteiger charge is 2.09. The van der Waals surface area contributed by atoms with Gasteiger partial charge in [0.2, 0.25) is 0 Å². The number of benzene rings is 2. The Hall–Kier alpha value is -4.99. The number of hydrogen-bond donors (Lipinski definition) is 1. The van der Waals surface area contributed by atoms with E-state index < -0.39 is 0 Å². The van der Waals surface area contributed by atoms with Crippen molar-refractivity contribution < 1.29 is 14.4 Å². The monoisotopic (exact) mass is 585 g/mol. The number of ketones is 2. The van der Waals surface area contributed by atoms with Gasteiger partial charge in [-0.25, -0.2) is 9.97 Å². The van der Waals surface area contributed by atoms with Crippen LogP contribution in [0.3, 0.4) is 0 Å². The van der Waals surface area contributed by atoms with Gasteiger partial charge in [0.05, 0.1) is 19.3 Å². The highest BCUT2D eigenvalue weighted by molar-refractivity contribution is 5.75. The predicted molar refractivity (Wildman–Crippen MR) is 167 cm³/mol. The zero-order valence-electron chi connectivity index (χ0n) is 25.2. The fourth-order valence-electron chi connectivity index (χ4n) is 4.03. The van der Waals surface area contributed by atoms with Gasteiger partial charge in [0.25, 0.3) is 11.1 Å². The Bertz CT molecular complexity index is 1610. The number of nitrogens with zero attached hydrogens (tertiary/aromatic N) is 4. The van der Waals surface area contributed by atoms with E-state index in [0.717, 1.165) is 24.7 Å². The van der Waals surface area contributed by atoms with Gasteiger partial charge in [-0.3, -0.25) is 28.3 Å². The molecule has 0 radical (unpaired) electrons. The molecule has 0 fully saturated rings. The van der Waals surface area contributed by atoms with Crippen LogP contribution < -0.4 is 16.9 Å². The lowest BCUT2D eigenvalue weighted by Crippen LogP contribution is -2.29. The number of anilines is 1. The standard InChI is InChI=1S/C17H20N2O2.C8H11N3O2.C8H8O/c1-13(20)12-19-14(2)18-11-16(17(19)21)10-6-9-15-7-4-3-5-8-15;1-5(12)4-11-6(2)10-3-7(9)8(11)13;9-7-6-8-4-2-1-3-5-8/h3-5,7-8,11H,6,9-10,12H2,1-2H3;3H,4,9H2,1-2H3;1-5,7H,6H2. The summed E-state index contributed by atoms with van der Waals surface area (Å²) in [7, 11) is 0. The second-order valence-corrected chi connectivity index (χ2v) is 9.97. The Morgan fingerprint density at radius 1 is 0.744 bits per heavy atom. The van der Waals surface area contributed by atoms with E-state index in [1.54, 1.807) is 20.0 Å². The van der Waals surface area contributed by atoms with Crippen LogP contribution in [0.1, 0.15) is 48.6 Å². The van der Waals surface area contributed by atoms with Crippen LogP contribution in [0.4, 0.5) is 5.69 Å². The molecule has 226 valence electrons. The lowest BCUT2D eigenvalue weighted by Gasteiger charge is -2.09. The third kappa shape index (κ3) is 11.8. The topological polar surface area (TPSA) is 147 Å². The summed E-state index contributed by atoms with van der Waals surface area (Å²) in [5.41, 5.74) is 7.99. The molecule has 4 rings (SSSR count). The molecule has 4 aromatic rings. The lowest BCUT2D eigenvalue weighted by molar-refractivity contribution is -0.118. The van der Waals surface area contributed by atoms with Crippen molar-refractivity contribution in [3.8, 4) is 0 Å². The summed E-state index contributed by atoms with van der Waals surface area (Å²) in [6.45, 7) is 6.43. The Morgan fingerprint density at radius 3 is 1.74 bits per heavy atom. The summed E-state index contributed by atoms with van der Waals surface area (Å²) < 4.78 is 2.72. The molecule has 0 aliphatic carbocycles. The normalized spacial score (nSPS) is 10.0. The minimum atomic E-state index is -0.359. The Kier molecular flexibility index (Phi) is 14.1. The van der Waals surface area contributed by atoms with Crippen LogP contribution in [0.15, 0.2) is 82.6 Å². The number of aromatic nitrogens is 4. The molecule has 0 aliphatic heterocycles. The molecule has 2 aromatic carbocycles. The van der Waals surface area contributed by atoms with Gasteiger partial charge < -0.3 is 10.5 Å². The molecule has 10 nitrogen and oxygen atoms in total. The van der Waals surface area contributed by atoms with Crippen molar-refractivity contribution in [2.24, 2.45) is 0 Å². The second kappa shape index (κ2) is 17.7. The molecule has 10 heteroatoms. The molecule has 0 saturated heterocycles. The van der Waals surface area contributed by atoms with Gasteiger partial charge in [-0.05, 0) is 58.1 Å². The number of hydrogen-bond acceptors (Lipinski definition) is 8. The molecular formula is C33H39N5O5. The van der Waals surface area contributed by atoms with Gasteiger partial charge in [-0.15, -0.1) is 0 Å². The van der Waals surface area contributed by atoms with Crippen LogP contribution >= 0.6 is 0 Å². The van der Waals surface area contributed by atoms with Crippen LogP contribution in [0.5, 0.6) is 0 Å². The average molecular weight is 586 g/mol. The number of carbonyl (C=O) groups is 3. The number of rotatable bonds is 10. The van der Waals surface area contributed by atoms with Crippen molar-refractivity contribution in [3.63, 3.8) is 0 Å². The molecule has 0 atom stereocenters. The average Bonchev–Trinajstić information content (AvgIpc) is 2.98. The molecule has 2 aromatic heterocycles. The quantitative estimate of drug-likeness (QED) is 0.278. The summed E-state index contributed by atoms with van der Waals surface area (Å²) in [5.74, 6) is 0.942. The Morgan fingerprint density at radius 2 is 1.23 bits per heavy atom. The number of aldehydes is 1. The smallest absolute Gasteiger partial charge is 0.277 e. The summed E-state index contributed by atoms with van der Waals surface area (Å²) in [6, 6.07) is 19.9. The van der Waals surface area contributed by atoms with Gasteiger partial charge in [-0.1, -0.05) is 60.7 Å². The minimum absolute atomic E-state index is 0.0305. The van der Waals surface area contributed by atoms with Crippen molar-refractivity contribution in [2.75, 3.05) is 5.73 Å². The van der Waals surface area contributed by atoms with Crippen LogP contribution in [-0.2, 0) is 46.7 Å². The van der Waals surface area contributed by atoms with Gasteiger partial charge in [-0.2, -0.15) is 0 Å². The lowest BCUT2D eigenvalue weighted by atomic mass is 10.1. The Labute approximate surface area is 251 Å². The highest BCUT2D eigenvalue weighted by atomic mass is 16.1. The predicted octanol–water partition coefficient (Wildman–Crippen LogP) is 3.47. The van der Waals surface area contributed by atoms with Crippen LogP contribution in [0, 0.1) is 13.8 Å². The molecule has 2 heterocycles. The van der Waals surface area contributed by atoms with E-state index in [0.29, 0.717) is 30.1 Å². The molecule has 0 unspecified atom stereocenters. The van der Waals surface area contributed by atoms with E-state index in [2.05, 4.69) is 22.1 Å². The SMILES string of the molecule is CC(=O)Cn1c(C)ncc(CCCc2ccccc2)c1=O.CC(=O)Cn1c(C)ncc(N)c1=O.O=CCc1ccccc1. The molecular weight excluding hydrogens is 546 g/mol. The molecule has 0 bridgehead atoms. The van der Waals surface area contributed by atoms with E-state index in [1.807, 2.05) is 48.5 Å². The van der Waals surface area contributed by atoms with Crippen LogP contribution in [-0.4, -0.2) is 37.0 Å². The van der Waals surface area contributed by atoms with E-state index in [-0.39, 0.29) is 41.5 Å². The first-order valence-corrected chi connectivity index (χ1v) is 13.9. The van der Waals surface area contributed by atoms with E-state index in [1.165, 1.54) is 34.7 Å². The maximum absolute atomic E-state index is 12.3. The summed E-state index contributed by atoms with van der Waals surface area (Å²) in [5, 5.41) is 0. The fourth-order valence-corrected chi connectivity index (χ4v) is 4.03. The van der Waals surface area contributed by atoms with E-state index in [9.17, 15) is 24.0 Å². The zero-order chi connectivity index (χ0) is 31.8. The van der Waals surface area contributed by atoms with Gasteiger partial charge in [0.1, 0.15) is 35.2 Å². The largest absolute Gasteiger partial charge is 0.393 e. The number of carbonyl (C=O) groups excluding carboxylic acids is 3. The number of aryl methyl sites for hydroxylation is 4. The van der Waals surface area contributed by atoms with Crippen molar-refractivity contribution in [2.45, 2.75) is 66.5 Å². The highest BCUT2D eigenvalue weighted by Crippen LogP contribution is 2.06. The number of nitrogens with two attached hydrogens (primary N) is 1. The first kappa shape index (κ1) is 34.2. The third-order valence-corrected chi connectivity index (χ3v) is 6.27. The molecule has 0 spiro atoms.